The summed E-state index contributed by atoms with van der Waals surface area (Å²) in [6.45, 7) is 0.0473. The van der Waals surface area contributed by atoms with Crippen molar-refractivity contribution in [2.45, 2.75) is 11.4 Å². The molecule has 0 saturated carbocycles. The van der Waals surface area contributed by atoms with Crippen molar-refractivity contribution in [1.82, 2.24) is 0 Å². The summed E-state index contributed by atoms with van der Waals surface area (Å²) in [5.74, 6) is -1.08. The van der Waals surface area contributed by atoms with Crippen LogP contribution in [0.3, 0.4) is 0 Å². The molecule has 4 rings (SSSR count). The van der Waals surface area contributed by atoms with Gasteiger partial charge in [0, 0.05) is 5.56 Å². The Bertz CT molecular complexity index is 1260. The summed E-state index contributed by atoms with van der Waals surface area (Å²) in [6.07, 6.45) is 2.95. The normalized spacial score (nSPS) is 11.2. The van der Waals surface area contributed by atoms with E-state index in [-0.39, 0.29) is 17.0 Å². The highest BCUT2D eigenvalue weighted by Gasteiger charge is 2.26. The SMILES string of the molecule is O=C(O)c1ccc(N(Cc2ccoc2)S(=O)(=O)c2ccc(-c3ccccc3)cc2)cc1. The molecule has 4 aromatic rings. The van der Waals surface area contributed by atoms with Gasteiger partial charge in [-0.3, -0.25) is 4.31 Å². The average molecular weight is 433 g/mol. The minimum Gasteiger partial charge on any atom is -0.478 e. The summed E-state index contributed by atoms with van der Waals surface area (Å²) in [6, 6.07) is 23.8. The van der Waals surface area contributed by atoms with Crippen LogP contribution in [0.25, 0.3) is 11.1 Å². The molecule has 0 aliphatic rings. The molecule has 1 aromatic heterocycles. The van der Waals surface area contributed by atoms with E-state index in [0.717, 1.165) is 11.1 Å². The number of hydrogen-bond acceptors (Lipinski definition) is 4. The molecule has 0 unspecified atom stereocenters. The van der Waals surface area contributed by atoms with E-state index in [9.17, 15) is 13.2 Å². The molecule has 0 fully saturated rings. The second kappa shape index (κ2) is 8.49. The van der Waals surface area contributed by atoms with Crippen molar-refractivity contribution in [3.63, 3.8) is 0 Å². The number of nitrogens with zero attached hydrogens (tertiary/aromatic N) is 1. The standard InChI is InChI=1S/C24H19NO5S/c26-24(27)21-6-10-22(11-7-21)25(16-18-14-15-30-17-18)31(28,29)23-12-8-20(9-13-23)19-4-2-1-3-5-19/h1-15,17H,16H2,(H,26,27). The largest absolute Gasteiger partial charge is 0.478 e. The van der Waals surface area contributed by atoms with Gasteiger partial charge < -0.3 is 9.52 Å². The van der Waals surface area contributed by atoms with Crippen molar-refractivity contribution < 1.29 is 22.7 Å². The molecule has 0 spiro atoms. The zero-order valence-corrected chi connectivity index (χ0v) is 17.2. The van der Waals surface area contributed by atoms with Gasteiger partial charge >= 0.3 is 5.97 Å². The zero-order chi connectivity index (χ0) is 21.8. The number of furan rings is 1. The Kier molecular flexibility index (Phi) is 5.60. The van der Waals surface area contributed by atoms with Gasteiger partial charge in [-0.05, 0) is 53.6 Å². The van der Waals surface area contributed by atoms with Gasteiger partial charge in [0.2, 0.25) is 0 Å². The Morgan fingerprint density at radius 1 is 0.839 bits per heavy atom. The fourth-order valence-electron chi connectivity index (χ4n) is 3.21. The first kappa shape index (κ1) is 20.4. The highest BCUT2D eigenvalue weighted by atomic mass is 32.2. The average Bonchev–Trinajstić information content (AvgIpc) is 3.31. The number of carboxylic acid groups (broad SMARTS) is 1. The number of carbonyl (C=O) groups is 1. The molecular weight excluding hydrogens is 414 g/mol. The van der Waals surface area contributed by atoms with Crippen LogP contribution in [0.2, 0.25) is 0 Å². The van der Waals surface area contributed by atoms with Crippen LogP contribution < -0.4 is 4.31 Å². The van der Waals surface area contributed by atoms with E-state index in [1.165, 1.54) is 41.1 Å². The van der Waals surface area contributed by atoms with E-state index < -0.39 is 16.0 Å². The fourth-order valence-corrected chi connectivity index (χ4v) is 4.66. The highest BCUT2D eigenvalue weighted by Crippen LogP contribution is 2.28. The Balaban J connectivity index is 1.71. The van der Waals surface area contributed by atoms with E-state index in [1.807, 2.05) is 30.3 Å². The lowest BCUT2D eigenvalue weighted by atomic mass is 10.1. The van der Waals surface area contributed by atoms with Crippen LogP contribution >= 0.6 is 0 Å². The van der Waals surface area contributed by atoms with Crippen LogP contribution in [0.1, 0.15) is 15.9 Å². The number of anilines is 1. The Labute approximate surface area is 180 Å². The smallest absolute Gasteiger partial charge is 0.335 e. The predicted molar refractivity (Wildman–Crippen MR) is 117 cm³/mol. The number of sulfonamides is 1. The maximum Gasteiger partial charge on any atom is 0.335 e. The maximum absolute atomic E-state index is 13.5. The lowest BCUT2D eigenvalue weighted by molar-refractivity contribution is 0.0697. The molecule has 1 N–H and O–H groups in total. The summed E-state index contributed by atoms with van der Waals surface area (Å²) in [4.78, 5) is 11.3. The molecule has 156 valence electrons. The minimum absolute atomic E-state index is 0.0473. The molecule has 0 atom stereocenters. The molecule has 6 nitrogen and oxygen atoms in total. The van der Waals surface area contributed by atoms with E-state index >= 15 is 0 Å². The molecule has 0 radical (unpaired) electrons. The van der Waals surface area contributed by atoms with Gasteiger partial charge in [-0.25, -0.2) is 13.2 Å². The lowest BCUT2D eigenvalue weighted by Crippen LogP contribution is -2.30. The molecule has 3 aromatic carbocycles. The summed E-state index contributed by atoms with van der Waals surface area (Å²) >= 11 is 0. The fraction of sp³-hybridized carbons (Fsp3) is 0.0417. The van der Waals surface area contributed by atoms with Crippen molar-refractivity contribution in [2.75, 3.05) is 4.31 Å². The third-order valence-corrected chi connectivity index (χ3v) is 6.65. The van der Waals surface area contributed by atoms with Gasteiger partial charge in [-0.15, -0.1) is 0 Å². The third-order valence-electron chi connectivity index (χ3n) is 4.86. The third kappa shape index (κ3) is 4.36. The summed E-state index contributed by atoms with van der Waals surface area (Å²) in [7, 11) is -3.92. The van der Waals surface area contributed by atoms with Crippen molar-refractivity contribution in [2.24, 2.45) is 0 Å². The number of benzene rings is 3. The number of carboxylic acids is 1. The van der Waals surface area contributed by atoms with Crippen LogP contribution in [0.5, 0.6) is 0 Å². The van der Waals surface area contributed by atoms with Crippen molar-refractivity contribution >= 4 is 21.7 Å². The first-order valence-electron chi connectivity index (χ1n) is 9.48. The summed E-state index contributed by atoms with van der Waals surface area (Å²) < 4.78 is 33.3. The molecule has 0 aliphatic carbocycles. The Hall–Kier alpha value is -3.84. The number of hydrogen-bond donors (Lipinski definition) is 1. The molecule has 7 heteroatoms. The van der Waals surface area contributed by atoms with Gasteiger partial charge in [0.1, 0.15) is 0 Å². The number of aromatic carboxylic acids is 1. The van der Waals surface area contributed by atoms with Crippen molar-refractivity contribution in [1.29, 1.82) is 0 Å². The van der Waals surface area contributed by atoms with Crippen LogP contribution in [0.4, 0.5) is 5.69 Å². The van der Waals surface area contributed by atoms with Gasteiger partial charge in [0.25, 0.3) is 10.0 Å². The van der Waals surface area contributed by atoms with Gasteiger partial charge in [0.15, 0.2) is 0 Å². The van der Waals surface area contributed by atoms with E-state index in [1.54, 1.807) is 30.3 Å². The Morgan fingerprint density at radius 2 is 1.48 bits per heavy atom. The molecule has 31 heavy (non-hydrogen) atoms. The first-order valence-corrected chi connectivity index (χ1v) is 10.9. The highest BCUT2D eigenvalue weighted by molar-refractivity contribution is 7.92. The van der Waals surface area contributed by atoms with Crippen LogP contribution in [-0.4, -0.2) is 19.5 Å². The Morgan fingerprint density at radius 3 is 2.06 bits per heavy atom. The van der Waals surface area contributed by atoms with Crippen molar-refractivity contribution in [3.8, 4) is 11.1 Å². The van der Waals surface area contributed by atoms with Crippen LogP contribution in [0.15, 0.2) is 107 Å². The quantitative estimate of drug-likeness (QED) is 0.441. The molecule has 0 aliphatic heterocycles. The molecule has 0 bridgehead atoms. The van der Waals surface area contributed by atoms with E-state index in [2.05, 4.69) is 0 Å². The summed E-state index contributed by atoms with van der Waals surface area (Å²) in [5, 5.41) is 9.14. The summed E-state index contributed by atoms with van der Waals surface area (Å²) in [5.41, 5.74) is 3.01. The minimum atomic E-state index is -3.92. The van der Waals surface area contributed by atoms with Gasteiger partial charge in [0.05, 0.1) is 35.2 Å². The number of rotatable bonds is 7. The topological polar surface area (TPSA) is 87.8 Å². The van der Waals surface area contributed by atoms with Crippen LogP contribution in [-0.2, 0) is 16.6 Å². The van der Waals surface area contributed by atoms with Gasteiger partial charge in [-0.2, -0.15) is 0 Å². The first-order chi connectivity index (χ1) is 14.9. The second-order valence-electron chi connectivity index (χ2n) is 6.89. The second-order valence-corrected chi connectivity index (χ2v) is 8.75. The molecule has 1 heterocycles. The van der Waals surface area contributed by atoms with Crippen molar-refractivity contribution in [3.05, 3.63) is 109 Å². The lowest BCUT2D eigenvalue weighted by Gasteiger charge is -2.24. The molecule has 0 saturated heterocycles. The molecule has 0 amide bonds. The monoisotopic (exact) mass is 433 g/mol. The predicted octanol–water partition coefficient (Wildman–Crippen LogP) is 5.04. The van der Waals surface area contributed by atoms with Crippen LogP contribution in [0, 0.1) is 0 Å². The van der Waals surface area contributed by atoms with Gasteiger partial charge in [-0.1, -0.05) is 42.5 Å². The van der Waals surface area contributed by atoms with E-state index in [4.69, 9.17) is 9.52 Å². The zero-order valence-electron chi connectivity index (χ0n) is 16.4. The van der Waals surface area contributed by atoms with E-state index in [0.29, 0.717) is 11.3 Å². The molecular formula is C24H19NO5S. The maximum atomic E-state index is 13.5.